The molecule has 28 heavy (non-hydrogen) atoms. The van der Waals surface area contributed by atoms with Gasteiger partial charge in [0.1, 0.15) is 25.3 Å². The van der Waals surface area contributed by atoms with Crippen LogP contribution in [0.25, 0.3) is 0 Å². The minimum Gasteiger partial charge on any atom is -0.743 e. The summed E-state index contributed by atoms with van der Waals surface area (Å²) in [6, 6.07) is 4.67. The van der Waals surface area contributed by atoms with Crippen molar-refractivity contribution in [3.05, 3.63) is 35.4 Å². The second-order valence-electron chi connectivity index (χ2n) is 4.68. The molecule has 0 spiro atoms. The predicted molar refractivity (Wildman–Crippen MR) is 75.4 cm³/mol. The summed E-state index contributed by atoms with van der Waals surface area (Å²) in [7, 11) is -6.25. The Balaban J connectivity index is 2.58. The molecular formula is C12H8F4O10S2-2. The normalized spacial score (nSPS) is 12.5. The number of esters is 2. The minimum absolute atomic E-state index is 0.0596. The molecule has 1 aromatic rings. The van der Waals surface area contributed by atoms with Gasteiger partial charge in [-0.25, -0.2) is 18.0 Å². The van der Waals surface area contributed by atoms with Crippen LogP contribution in [0.4, 0.5) is 17.6 Å². The van der Waals surface area contributed by atoms with Gasteiger partial charge in [0.15, 0.2) is 10.1 Å². The minimum atomic E-state index is -6.25. The van der Waals surface area contributed by atoms with Gasteiger partial charge in [-0.3, -0.25) is 5.04 Å². The number of alkyl halides is 4. The molecule has 0 N–H and O–H groups in total. The zero-order chi connectivity index (χ0) is 21.6. The van der Waals surface area contributed by atoms with E-state index in [0.717, 1.165) is 12.1 Å². The fraction of sp³-hybridized carbons (Fsp3) is 0.333. The summed E-state index contributed by atoms with van der Waals surface area (Å²) in [6.45, 7) is -1.48. The van der Waals surface area contributed by atoms with E-state index in [0.29, 0.717) is 0 Å². The topological polar surface area (TPSA) is 151 Å². The van der Waals surface area contributed by atoms with Crippen LogP contribution in [-0.2, 0) is 51.8 Å². The number of ether oxygens (including phenoxy) is 2. The number of hydrogen-bond acceptors (Lipinski definition) is 11. The summed E-state index contributed by atoms with van der Waals surface area (Å²) in [5.41, 5.74) is 0.210. The van der Waals surface area contributed by atoms with Gasteiger partial charge in [0.25, 0.3) is 0 Å². The molecule has 0 aromatic heterocycles. The first kappa shape index (κ1) is 24.1. The molecule has 1 rings (SSSR count). The van der Waals surface area contributed by atoms with Crippen molar-refractivity contribution in [2.75, 3.05) is 0 Å². The number of benzene rings is 1. The molecule has 0 amide bonds. The molecule has 0 heterocycles. The smallest absolute Gasteiger partial charge is 0.428 e. The molecule has 1 aromatic carbocycles. The van der Waals surface area contributed by atoms with Crippen LogP contribution in [0.1, 0.15) is 11.1 Å². The molecule has 0 aliphatic carbocycles. The van der Waals surface area contributed by atoms with Crippen LogP contribution in [0, 0.1) is 0 Å². The van der Waals surface area contributed by atoms with Crippen LogP contribution in [0.5, 0.6) is 0 Å². The third kappa shape index (κ3) is 6.57. The van der Waals surface area contributed by atoms with Gasteiger partial charge in [0.2, 0.25) is 0 Å². The maximum absolute atomic E-state index is 13.1. The molecule has 0 saturated carbocycles. The van der Waals surface area contributed by atoms with Crippen molar-refractivity contribution < 1.29 is 64.2 Å². The summed E-state index contributed by atoms with van der Waals surface area (Å²) < 4.78 is 94.5. The van der Waals surface area contributed by atoms with Gasteiger partial charge in [-0.2, -0.15) is 21.9 Å². The maximum atomic E-state index is 13.1. The molecule has 0 radical (unpaired) electrons. The molecule has 16 heteroatoms. The van der Waals surface area contributed by atoms with E-state index in [4.69, 9.17) is 0 Å². The third-order valence-electron chi connectivity index (χ3n) is 2.72. The Kier molecular flexibility index (Phi) is 8.15. The van der Waals surface area contributed by atoms with Crippen LogP contribution < -0.4 is 5.26 Å². The van der Waals surface area contributed by atoms with Gasteiger partial charge in [-0.05, 0) is 11.1 Å². The van der Waals surface area contributed by atoms with Crippen molar-refractivity contribution >= 4 is 34.1 Å². The Bertz CT molecular complexity index is 797. The number of hydrogen-bond donors (Lipinski definition) is 0. The number of carbonyl (C=O) groups is 2. The van der Waals surface area contributed by atoms with Crippen molar-refractivity contribution in [3.8, 4) is 0 Å². The number of halogens is 4. The van der Waals surface area contributed by atoms with Crippen LogP contribution in [0.15, 0.2) is 24.3 Å². The lowest BCUT2D eigenvalue weighted by molar-refractivity contribution is -0.777. The van der Waals surface area contributed by atoms with E-state index in [-0.39, 0.29) is 11.1 Å². The first-order valence-corrected chi connectivity index (χ1v) is 8.74. The highest BCUT2D eigenvalue weighted by Crippen LogP contribution is 2.31. The average Bonchev–Trinajstić information content (AvgIpc) is 2.62. The Hall–Kier alpha value is -1.98. The average molecular weight is 452 g/mol. The zero-order valence-corrected chi connectivity index (χ0v) is 14.8. The van der Waals surface area contributed by atoms with E-state index in [1.807, 2.05) is 0 Å². The Morgan fingerprint density at radius 2 is 1.39 bits per heavy atom. The van der Waals surface area contributed by atoms with Crippen molar-refractivity contribution in [2.24, 2.45) is 0 Å². The quantitative estimate of drug-likeness (QED) is 0.121. The molecule has 0 fully saturated rings. The third-order valence-corrected chi connectivity index (χ3v) is 4.01. The van der Waals surface area contributed by atoms with Crippen molar-refractivity contribution in [1.29, 1.82) is 0 Å². The molecule has 158 valence electrons. The highest BCUT2D eigenvalue weighted by molar-refractivity contribution is 7.96. The lowest BCUT2D eigenvalue weighted by atomic mass is 10.1. The van der Waals surface area contributed by atoms with E-state index >= 15 is 0 Å². The molecule has 0 saturated heterocycles. The molecule has 0 unspecified atom stereocenters. The van der Waals surface area contributed by atoms with Gasteiger partial charge in [0.05, 0.1) is 0 Å². The molecular weight excluding hydrogens is 444 g/mol. The first-order chi connectivity index (χ1) is 12.8. The fourth-order valence-electron chi connectivity index (χ4n) is 1.39. The van der Waals surface area contributed by atoms with E-state index in [9.17, 15) is 45.4 Å². The van der Waals surface area contributed by atoms with Gasteiger partial charge in [-0.15, -0.1) is 0 Å². The van der Waals surface area contributed by atoms with E-state index in [1.165, 1.54) is 12.1 Å². The lowest BCUT2D eigenvalue weighted by Crippen LogP contribution is -2.38. The number of carbonyl (C=O) groups excluding carboxylic acids is 2. The molecule has 10 nitrogen and oxygen atoms in total. The highest BCUT2D eigenvalue weighted by atomic mass is 32.2. The Labute approximate surface area is 158 Å². The zero-order valence-electron chi connectivity index (χ0n) is 13.1. The summed E-state index contributed by atoms with van der Waals surface area (Å²) in [6.07, 6.45) is 0. The van der Waals surface area contributed by atoms with E-state index in [1.54, 1.807) is 0 Å². The van der Waals surface area contributed by atoms with Gasteiger partial charge in [-0.1, -0.05) is 24.3 Å². The summed E-state index contributed by atoms with van der Waals surface area (Å²) in [5.74, 6) is -4.61. The summed E-state index contributed by atoms with van der Waals surface area (Å²) >= 11 is -0.880. The van der Waals surface area contributed by atoms with Crippen LogP contribution in [0.3, 0.4) is 0 Å². The second kappa shape index (κ2) is 9.48. The lowest BCUT2D eigenvalue weighted by Gasteiger charge is -2.18. The van der Waals surface area contributed by atoms with E-state index in [2.05, 4.69) is 18.8 Å². The van der Waals surface area contributed by atoms with Crippen molar-refractivity contribution in [1.82, 2.24) is 0 Å². The second-order valence-corrected chi connectivity index (χ2v) is 6.91. The molecule has 0 aliphatic rings. The Morgan fingerprint density at radius 3 is 1.79 bits per heavy atom. The fourth-order valence-corrected chi connectivity index (χ4v) is 1.89. The molecule has 0 aliphatic heterocycles. The van der Waals surface area contributed by atoms with Crippen molar-refractivity contribution in [3.63, 3.8) is 0 Å². The summed E-state index contributed by atoms with van der Waals surface area (Å²) in [4.78, 5) is 22.1. The van der Waals surface area contributed by atoms with E-state index < -0.39 is 57.8 Å². The predicted octanol–water partition coefficient (Wildman–Crippen LogP) is 0.376. The van der Waals surface area contributed by atoms with Crippen LogP contribution >= 0.6 is 12.0 Å². The van der Waals surface area contributed by atoms with Gasteiger partial charge < -0.3 is 19.3 Å². The summed E-state index contributed by atoms with van der Waals surface area (Å²) in [5, 5.41) is 2.65. The van der Waals surface area contributed by atoms with Crippen LogP contribution in [0.2, 0.25) is 0 Å². The molecule has 0 bridgehead atoms. The maximum Gasteiger partial charge on any atom is 0.428 e. The SMILES string of the molecule is O=C(OCc1ccc(COC(=O)C(F)(F)S(=O)(=O)[O-])cc1)C(F)(F)SOO[O-]. The van der Waals surface area contributed by atoms with Crippen LogP contribution in [-0.4, -0.2) is 35.4 Å². The Morgan fingerprint density at radius 1 is 0.964 bits per heavy atom. The van der Waals surface area contributed by atoms with Gasteiger partial charge >= 0.3 is 22.4 Å². The standard InChI is InChI=1S/C12H10F4O10S2/c13-11(14,27-26-25-19)9(17)23-5-7-1-3-8(4-2-7)6-24-10(18)12(15,16)28(20,21)22/h1-4,19H,5-6H2,(H,20,21,22)/p-2. The van der Waals surface area contributed by atoms with Gasteiger partial charge in [0, 0.05) is 0 Å². The van der Waals surface area contributed by atoms with Crippen molar-refractivity contribution in [2.45, 2.75) is 23.7 Å². The number of rotatable bonds is 10. The largest absolute Gasteiger partial charge is 0.743 e. The highest BCUT2D eigenvalue weighted by Gasteiger charge is 2.48. The monoisotopic (exact) mass is 452 g/mol. The first-order valence-electron chi connectivity index (χ1n) is 6.59. The molecule has 0 atom stereocenters.